The van der Waals surface area contributed by atoms with Gasteiger partial charge in [0.2, 0.25) is 0 Å². The van der Waals surface area contributed by atoms with E-state index in [4.69, 9.17) is 14.2 Å². The van der Waals surface area contributed by atoms with Crippen LogP contribution in [0.2, 0.25) is 0 Å². The van der Waals surface area contributed by atoms with Crippen molar-refractivity contribution < 1.29 is 28.6 Å². The van der Waals surface area contributed by atoms with Gasteiger partial charge in [-0.05, 0) is 89.9 Å². The molecule has 0 bridgehead atoms. The molecule has 0 radical (unpaired) electrons. The maximum Gasteiger partial charge on any atom is 0.306 e. The van der Waals surface area contributed by atoms with Crippen molar-refractivity contribution in [3.05, 3.63) is 72.9 Å². The fourth-order valence-corrected chi connectivity index (χ4v) is 7.58. The van der Waals surface area contributed by atoms with Crippen molar-refractivity contribution in [2.45, 2.75) is 271 Å². The smallest absolute Gasteiger partial charge is 0.306 e. The molecule has 0 fully saturated rings. The predicted molar refractivity (Wildman–Crippen MR) is 279 cm³/mol. The maximum absolute atomic E-state index is 12.7. The summed E-state index contributed by atoms with van der Waals surface area (Å²) in [6, 6.07) is 0. The molecular formula is C59H102O6. The van der Waals surface area contributed by atoms with E-state index in [-0.39, 0.29) is 31.1 Å². The molecule has 0 aromatic carbocycles. The Morgan fingerprint density at radius 3 is 0.969 bits per heavy atom. The second kappa shape index (κ2) is 53.5. The molecule has 0 spiro atoms. The van der Waals surface area contributed by atoms with Gasteiger partial charge >= 0.3 is 17.9 Å². The van der Waals surface area contributed by atoms with Crippen LogP contribution in [0, 0.1) is 0 Å². The van der Waals surface area contributed by atoms with E-state index >= 15 is 0 Å². The molecule has 0 heterocycles. The molecule has 0 aromatic rings. The van der Waals surface area contributed by atoms with Gasteiger partial charge in [-0.2, -0.15) is 0 Å². The lowest BCUT2D eigenvalue weighted by Crippen LogP contribution is -2.30. The van der Waals surface area contributed by atoms with Crippen molar-refractivity contribution in [1.29, 1.82) is 0 Å². The zero-order chi connectivity index (χ0) is 47.2. The summed E-state index contributed by atoms with van der Waals surface area (Å²) in [7, 11) is 0. The van der Waals surface area contributed by atoms with Crippen LogP contribution >= 0.6 is 0 Å². The van der Waals surface area contributed by atoms with E-state index in [0.717, 1.165) is 103 Å². The van der Waals surface area contributed by atoms with Gasteiger partial charge in [-0.25, -0.2) is 0 Å². The van der Waals surface area contributed by atoms with Crippen molar-refractivity contribution >= 4 is 17.9 Å². The average Bonchev–Trinajstić information content (AvgIpc) is 3.30. The molecule has 6 nitrogen and oxygen atoms in total. The van der Waals surface area contributed by atoms with Crippen LogP contribution in [0.3, 0.4) is 0 Å². The zero-order valence-electron chi connectivity index (χ0n) is 42.7. The minimum absolute atomic E-state index is 0.0888. The molecule has 0 saturated heterocycles. The molecule has 0 N–H and O–H groups in total. The van der Waals surface area contributed by atoms with Crippen LogP contribution in [0.15, 0.2) is 72.9 Å². The third-order valence-electron chi connectivity index (χ3n) is 11.7. The van der Waals surface area contributed by atoms with E-state index in [2.05, 4.69) is 93.7 Å². The highest BCUT2D eigenvalue weighted by molar-refractivity contribution is 5.71. The SMILES string of the molecule is CC/C=C\C/C=C\C/C=C\C/C=C\C/C=C\CCCCCC(=O)OC(COC(=O)CCCCCCC)COC(=O)CCCCCCCCCCCCC/C=C\CCCCCCCCCC. The average molecular weight is 907 g/mol. The van der Waals surface area contributed by atoms with Crippen molar-refractivity contribution in [2.75, 3.05) is 13.2 Å². The summed E-state index contributed by atoms with van der Waals surface area (Å²) in [6.07, 6.45) is 67.9. The number of esters is 3. The van der Waals surface area contributed by atoms with E-state index in [0.29, 0.717) is 19.3 Å². The third-order valence-corrected chi connectivity index (χ3v) is 11.7. The van der Waals surface area contributed by atoms with Gasteiger partial charge in [0.25, 0.3) is 0 Å². The van der Waals surface area contributed by atoms with Crippen LogP contribution in [0.4, 0.5) is 0 Å². The minimum atomic E-state index is -0.789. The number of allylic oxidation sites excluding steroid dienone is 12. The Hall–Kier alpha value is -3.15. The van der Waals surface area contributed by atoms with Gasteiger partial charge in [0.05, 0.1) is 0 Å². The van der Waals surface area contributed by atoms with E-state index in [1.807, 2.05) is 0 Å². The normalized spacial score (nSPS) is 12.6. The van der Waals surface area contributed by atoms with Crippen LogP contribution in [-0.4, -0.2) is 37.2 Å². The summed E-state index contributed by atoms with van der Waals surface area (Å²) < 4.78 is 16.7. The highest BCUT2D eigenvalue weighted by Crippen LogP contribution is 2.15. The first-order valence-electron chi connectivity index (χ1n) is 27.4. The molecule has 374 valence electrons. The Labute approximate surface area is 402 Å². The highest BCUT2D eigenvalue weighted by Gasteiger charge is 2.19. The van der Waals surface area contributed by atoms with Gasteiger partial charge in [-0.15, -0.1) is 0 Å². The Kier molecular flexibility index (Phi) is 50.9. The Morgan fingerprint density at radius 2 is 0.600 bits per heavy atom. The Morgan fingerprint density at radius 1 is 0.323 bits per heavy atom. The summed E-state index contributed by atoms with van der Waals surface area (Å²) in [5.74, 6) is -0.933. The first kappa shape index (κ1) is 61.9. The van der Waals surface area contributed by atoms with Crippen LogP contribution < -0.4 is 0 Å². The number of hydrogen-bond acceptors (Lipinski definition) is 6. The van der Waals surface area contributed by atoms with Gasteiger partial charge in [-0.3, -0.25) is 14.4 Å². The molecule has 0 saturated carbocycles. The van der Waals surface area contributed by atoms with Crippen LogP contribution in [0.1, 0.15) is 265 Å². The largest absolute Gasteiger partial charge is 0.462 e. The van der Waals surface area contributed by atoms with Gasteiger partial charge in [-0.1, -0.05) is 229 Å². The molecule has 65 heavy (non-hydrogen) atoms. The zero-order valence-corrected chi connectivity index (χ0v) is 42.7. The molecule has 0 aromatic heterocycles. The molecule has 0 aliphatic heterocycles. The Balaban J connectivity index is 4.16. The lowest BCUT2D eigenvalue weighted by molar-refractivity contribution is -0.167. The van der Waals surface area contributed by atoms with Gasteiger partial charge < -0.3 is 14.2 Å². The second-order valence-electron chi connectivity index (χ2n) is 18.1. The molecule has 6 heteroatoms. The summed E-state index contributed by atoms with van der Waals surface area (Å²) in [4.78, 5) is 37.7. The van der Waals surface area contributed by atoms with E-state index in [9.17, 15) is 14.4 Å². The van der Waals surface area contributed by atoms with Crippen molar-refractivity contribution in [1.82, 2.24) is 0 Å². The van der Waals surface area contributed by atoms with E-state index < -0.39 is 6.10 Å². The van der Waals surface area contributed by atoms with Crippen LogP contribution in [0.5, 0.6) is 0 Å². The standard InChI is InChI=1S/C59H102O6/c1-4-7-10-13-15-17-19-21-23-25-27-28-29-30-32-33-35-37-39-41-43-46-49-52-58(61)64-55-56(54-63-57(60)51-48-45-12-9-6-3)65-59(62)53-50-47-44-42-40-38-36-34-31-26-24-22-20-18-16-14-11-8-5-2/h8,11,16,18,22,24-25,27,31,34,38,40,56H,4-7,9-10,12-15,17,19-21,23,26,28-30,32-33,35-37,39,41-55H2,1-3H3/b11-8-,18-16-,24-22-,27-25-,34-31-,40-38-. The second-order valence-corrected chi connectivity index (χ2v) is 18.1. The third kappa shape index (κ3) is 51.7. The monoisotopic (exact) mass is 907 g/mol. The number of ether oxygens (including phenoxy) is 3. The number of rotatable bonds is 49. The van der Waals surface area contributed by atoms with Crippen LogP contribution in [-0.2, 0) is 28.6 Å². The van der Waals surface area contributed by atoms with Gasteiger partial charge in [0.15, 0.2) is 6.10 Å². The van der Waals surface area contributed by atoms with E-state index in [1.165, 1.54) is 122 Å². The summed E-state index contributed by atoms with van der Waals surface area (Å²) in [5, 5.41) is 0. The summed E-state index contributed by atoms with van der Waals surface area (Å²) >= 11 is 0. The Bertz CT molecular complexity index is 1230. The lowest BCUT2D eigenvalue weighted by Gasteiger charge is -2.18. The summed E-state index contributed by atoms with van der Waals surface area (Å²) in [5.41, 5.74) is 0. The van der Waals surface area contributed by atoms with E-state index in [1.54, 1.807) is 0 Å². The first-order chi connectivity index (χ1) is 32.0. The molecular weight excluding hydrogens is 805 g/mol. The summed E-state index contributed by atoms with van der Waals surface area (Å²) in [6.45, 7) is 6.42. The fourth-order valence-electron chi connectivity index (χ4n) is 7.58. The predicted octanol–water partition coefficient (Wildman–Crippen LogP) is 18.2. The number of carbonyl (C=O) groups is 3. The topological polar surface area (TPSA) is 78.9 Å². The molecule has 0 aliphatic carbocycles. The lowest BCUT2D eigenvalue weighted by atomic mass is 10.0. The number of hydrogen-bond donors (Lipinski definition) is 0. The molecule has 0 amide bonds. The fraction of sp³-hybridized carbons (Fsp3) is 0.746. The molecule has 0 rings (SSSR count). The van der Waals surface area contributed by atoms with Gasteiger partial charge in [0.1, 0.15) is 13.2 Å². The van der Waals surface area contributed by atoms with Crippen LogP contribution in [0.25, 0.3) is 0 Å². The van der Waals surface area contributed by atoms with Gasteiger partial charge in [0, 0.05) is 19.3 Å². The molecule has 0 aliphatic rings. The van der Waals surface area contributed by atoms with Crippen molar-refractivity contribution in [3.63, 3.8) is 0 Å². The quantitative estimate of drug-likeness (QED) is 0.0262. The molecule has 1 atom stereocenters. The highest BCUT2D eigenvalue weighted by atomic mass is 16.6. The first-order valence-corrected chi connectivity index (χ1v) is 27.4. The van der Waals surface area contributed by atoms with Crippen molar-refractivity contribution in [2.24, 2.45) is 0 Å². The molecule has 1 unspecified atom stereocenters. The number of carbonyl (C=O) groups excluding carboxylic acids is 3. The minimum Gasteiger partial charge on any atom is -0.462 e. The number of unbranched alkanes of at least 4 members (excludes halogenated alkanes) is 26. The van der Waals surface area contributed by atoms with Crippen molar-refractivity contribution in [3.8, 4) is 0 Å². The maximum atomic E-state index is 12.7.